The number of benzene rings is 1. The molecule has 1 saturated heterocycles. The summed E-state index contributed by atoms with van der Waals surface area (Å²) in [4.78, 5) is 22.1. The molecule has 1 aliphatic heterocycles. The lowest BCUT2D eigenvalue weighted by atomic mass is 9.77. The topological polar surface area (TPSA) is 52.1 Å². The van der Waals surface area contributed by atoms with Gasteiger partial charge in [0.1, 0.15) is 5.75 Å². The van der Waals surface area contributed by atoms with Crippen molar-refractivity contribution in [3.8, 4) is 17.1 Å². The molecule has 4 nitrogen and oxygen atoms in total. The maximum absolute atomic E-state index is 12.7. The molecule has 2 aromatic rings. The van der Waals surface area contributed by atoms with Crippen LogP contribution in [-0.4, -0.2) is 32.0 Å². The van der Waals surface area contributed by atoms with Crippen LogP contribution in [0.4, 0.5) is 0 Å². The van der Waals surface area contributed by atoms with Crippen LogP contribution < -0.4 is 4.74 Å². The minimum absolute atomic E-state index is 0.0293. The second-order valence-electron chi connectivity index (χ2n) is 12.2. The molecule has 0 bridgehead atoms. The van der Waals surface area contributed by atoms with Gasteiger partial charge in [-0.15, -0.1) is 23.5 Å². The Morgan fingerprint density at radius 2 is 1.37 bits per heavy atom. The van der Waals surface area contributed by atoms with Crippen molar-refractivity contribution >= 4 is 29.5 Å². The van der Waals surface area contributed by atoms with Crippen LogP contribution in [0.15, 0.2) is 36.7 Å². The Balaban J connectivity index is 1.16. The fourth-order valence-electron chi connectivity index (χ4n) is 6.15. The highest BCUT2D eigenvalue weighted by atomic mass is 32.2. The fourth-order valence-corrected chi connectivity index (χ4v) is 9.22. The normalized spacial score (nSPS) is 22.9. The number of aromatic nitrogens is 2. The number of carbonyl (C=O) groups excluding carboxylic acids is 1. The van der Waals surface area contributed by atoms with Gasteiger partial charge in [-0.1, -0.05) is 84.5 Å². The van der Waals surface area contributed by atoms with Gasteiger partial charge in [0.05, 0.1) is 10.5 Å². The highest BCUT2D eigenvalue weighted by molar-refractivity contribution is 8.17. The molecule has 0 radical (unpaired) electrons. The molecule has 0 N–H and O–H groups in total. The number of nitrogens with zero attached hydrogens (tertiary/aromatic N) is 2. The van der Waals surface area contributed by atoms with E-state index in [1.54, 1.807) is 0 Å². The van der Waals surface area contributed by atoms with E-state index in [9.17, 15) is 4.79 Å². The summed E-state index contributed by atoms with van der Waals surface area (Å²) in [6.45, 7) is 4.53. The molecule has 1 saturated carbocycles. The Hall–Kier alpha value is -1.53. The SMILES string of the molecule is CCCCCCCCCC1CCC(c2cnc(-c3ccc(OC(=O)C4CSC(CCCCC)SC4)cc3)nc2)CC1. The molecule has 0 spiro atoms. The summed E-state index contributed by atoms with van der Waals surface area (Å²) in [6, 6.07) is 7.66. The molecular weight excluding hydrogens is 545 g/mol. The first-order valence-corrected chi connectivity index (χ1v) is 18.6. The van der Waals surface area contributed by atoms with Gasteiger partial charge in [-0.25, -0.2) is 9.97 Å². The average molecular weight is 597 g/mol. The van der Waals surface area contributed by atoms with Gasteiger partial charge in [-0.05, 0) is 73.8 Å². The van der Waals surface area contributed by atoms with Crippen molar-refractivity contribution in [2.45, 2.75) is 127 Å². The minimum atomic E-state index is -0.109. The highest BCUT2D eigenvalue weighted by Crippen LogP contribution is 2.39. The van der Waals surface area contributed by atoms with E-state index in [4.69, 9.17) is 14.7 Å². The molecule has 1 aromatic heterocycles. The number of unbranched alkanes of at least 4 members (excludes halogenated alkanes) is 8. The molecule has 226 valence electrons. The first kappa shape index (κ1) is 32.4. The van der Waals surface area contributed by atoms with Crippen LogP contribution in [0.2, 0.25) is 0 Å². The lowest BCUT2D eigenvalue weighted by molar-refractivity contribution is -0.137. The predicted molar refractivity (Wildman–Crippen MR) is 177 cm³/mol. The smallest absolute Gasteiger partial charge is 0.316 e. The van der Waals surface area contributed by atoms with Crippen molar-refractivity contribution in [2.75, 3.05) is 11.5 Å². The average Bonchev–Trinajstić information content (AvgIpc) is 3.02. The highest BCUT2D eigenvalue weighted by Gasteiger charge is 2.28. The minimum Gasteiger partial charge on any atom is -0.426 e. The van der Waals surface area contributed by atoms with Crippen molar-refractivity contribution in [1.29, 1.82) is 0 Å². The van der Waals surface area contributed by atoms with Crippen LogP contribution in [0.3, 0.4) is 0 Å². The van der Waals surface area contributed by atoms with Gasteiger partial charge in [0.2, 0.25) is 0 Å². The van der Waals surface area contributed by atoms with Crippen molar-refractivity contribution in [1.82, 2.24) is 9.97 Å². The molecule has 1 aromatic carbocycles. The summed E-state index contributed by atoms with van der Waals surface area (Å²) < 4.78 is 6.36. The second-order valence-corrected chi connectivity index (χ2v) is 15.0. The maximum Gasteiger partial charge on any atom is 0.316 e. The molecule has 1 aliphatic carbocycles. The van der Waals surface area contributed by atoms with E-state index >= 15 is 0 Å². The number of ether oxygens (including phenoxy) is 1. The van der Waals surface area contributed by atoms with E-state index in [-0.39, 0.29) is 11.9 Å². The van der Waals surface area contributed by atoms with Gasteiger partial charge >= 0.3 is 5.97 Å². The van der Waals surface area contributed by atoms with Crippen LogP contribution in [0, 0.1) is 11.8 Å². The molecule has 2 fully saturated rings. The first-order valence-electron chi connectivity index (χ1n) is 16.5. The standard InChI is InChI=1S/C35H52N2O2S2/c1-3-5-7-8-9-10-12-13-27-15-17-28(18-16-27)30-23-36-34(37-24-30)29-19-21-32(22-20-29)39-35(38)31-25-40-33(41-26-31)14-11-6-4-2/h19-24,27-28,31,33H,3-18,25-26H2,1-2H3. The van der Waals surface area contributed by atoms with Crippen LogP contribution in [0.1, 0.15) is 128 Å². The summed E-state index contributed by atoms with van der Waals surface area (Å²) in [6.07, 6.45) is 25.6. The number of thioether (sulfide) groups is 2. The summed E-state index contributed by atoms with van der Waals surface area (Å²) in [5.74, 6) is 4.43. The molecule has 2 aliphatic rings. The Morgan fingerprint density at radius 3 is 2.02 bits per heavy atom. The zero-order valence-corrected chi connectivity index (χ0v) is 27.2. The van der Waals surface area contributed by atoms with Crippen molar-refractivity contribution in [3.05, 3.63) is 42.2 Å². The van der Waals surface area contributed by atoms with Crippen LogP contribution in [0.5, 0.6) is 5.75 Å². The summed E-state index contributed by atoms with van der Waals surface area (Å²) >= 11 is 3.85. The van der Waals surface area contributed by atoms with E-state index in [0.717, 1.165) is 28.8 Å². The lowest BCUT2D eigenvalue weighted by Gasteiger charge is -2.28. The van der Waals surface area contributed by atoms with Crippen LogP contribution in [-0.2, 0) is 4.79 Å². The van der Waals surface area contributed by atoms with Gasteiger partial charge in [-0.2, -0.15) is 0 Å². The zero-order chi connectivity index (χ0) is 28.7. The maximum atomic E-state index is 12.7. The number of hydrogen-bond acceptors (Lipinski definition) is 6. The first-order chi connectivity index (χ1) is 20.2. The summed E-state index contributed by atoms with van der Waals surface area (Å²) in [5, 5.41) is 0. The Bertz CT molecular complexity index is 998. The zero-order valence-electron chi connectivity index (χ0n) is 25.5. The van der Waals surface area contributed by atoms with Crippen molar-refractivity contribution < 1.29 is 9.53 Å². The lowest BCUT2D eigenvalue weighted by Crippen LogP contribution is -2.29. The molecule has 0 amide bonds. The molecule has 6 heteroatoms. The van der Waals surface area contributed by atoms with Gasteiger partial charge in [0.25, 0.3) is 0 Å². The van der Waals surface area contributed by atoms with E-state index in [0.29, 0.717) is 16.2 Å². The largest absolute Gasteiger partial charge is 0.426 e. The Labute approximate surface area is 258 Å². The molecule has 0 unspecified atom stereocenters. The second kappa shape index (κ2) is 18.2. The summed E-state index contributed by atoms with van der Waals surface area (Å²) in [5.41, 5.74) is 2.23. The number of rotatable bonds is 16. The quantitative estimate of drug-likeness (QED) is 0.109. The van der Waals surface area contributed by atoms with E-state index in [1.807, 2.05) is 60.2 Å². The predicted octanol–water partition coefficient (Wildman–Crippen LogP) is 10.5. The number of hydrogen-bond donors (Lipinski definition) is 0. The number of esters is 1. The van der Waals surface area contributed by atoms with Crippen molar-refractivity contribution in [3.63, 3.8) is 0 Å². The molecule has 41 heavy (non-hydrogen) atoms. The molecule has 4 rings (SSSR count). The van der Waals surface area contributed by atoms with E-state index in [1.165, 1.54) is 108 Å². The van der Waals surface area contributed by atoms with Gasteiger partial charge in [0, 0.05) is 29.5 Å². The Kier molecular flexibility index (Phi) is 14.4. The van der Waals surface area contributed by atoms with Gasteiger partial charge in [-0.3, -0.25) is 4.79 Å². The number of carbonyl (C=O) groups is 1. The molecule has 2 heterocycles. The third kappa shape index (κ3) is 10.9. The third-order valence-corrected chi connectivity index (χ3v) is 12.1. The third-order valence-electron chi connectivity index (χ3n) is 8.88. The van der Waals surface area contributed by atoms with Gasteiger partial charge in [0.15, 0.2) is 5.82 Å². The van der Waals surface area contributed by atoms with Crippen LogP contribution in [0.25, 0.3) is 11.4 Å². The summed E-state index contributed by atoms with van der Waals surface area (Å²) in [7, 11) is 0. The monoisotopic (exact) mass is 596 g/mol. The Morgan fingerprint density at radius 1 is 0.780 bits per heavy atom. The van der Waals surface area contributed by atoms with Crippen molar-refractivity contribution in [2.24, 2.45) is 11.8 Å². The molecular formula is C35H52N2O2S2. The van der Waals surface area contributed by atoms with Gasteiger partial charge < -0.3 is 4.74 Å². The van der Waals surface area contributed by atoms with Crippen LogP contribution >= 0.6 is 23.5 Å². The van der Waals surface area contributed by atoms with E-state index < -0.39 is 0 Å². The molecule has 0 atom stereocenters. The van der Waals surface area contributed by atoms with E-state index in [2.05, 4.69) is 13.8 Å². The fraction of sp³-hybridized carbons (Fsp3) is 0.686.